The molecule has 1 aromatic carbocycles. The lowest BCUT2D eigenvalue weighted by Crippen LogP contribution is -2.36. The van der Waals surface area contributed by atoms with Gasteiger partial charge in [0.25, 0.3) is 0 Å². The molecule has 0 amide bonds. The van der Waals surface area contributed by atoms with Crippen LogP contribution in [0, 0.1) is 0 Å². The Labute approximate surface area is 149 Å². The zero-order chi connectivity index (χ0) is 17.5. The highest BCUT2D eigenvalue weighted by atomic mass is 16.5. The van der Waals surface area contributed by atoms with Gasteiger partial charge in [-0.05, 0) is 18.6 Å². The van der Waals surface area contributed by atoms with Gasteiger partial charge in [-0.1, -0.05) is 25.5 Å². The second kappa shape index (κ2) is 8.67. The fourth-order valence-electron chi connectivity index (χ4n) is 2.93. The summed E-state index contributed by atoms with van der Waals surface area (Å²) in [6.07, 6.45) is 3.95. The molecule has 2 aromatic rings. The van der Waals surface area contributed by atoms with Gasteiger partial charge < -0.3 is 19.9 Å². The quantitative estimate of drug-likeness (QED) is 0.834. The Morgan fingerprint density at radius 2 is 2.00 bits per heavy atom. The Bertz CT molecular complexity index is 672. The smallest absolute Gasteiger partial charge is 0.135 e. The van der Waals surface area contributed by atoms with E-state index in [0.29, 0.717) is 0 Å². The monoisotopic (exact) mass is 341 g/mol. The Morgan fingerprint density at radius 1 is 1.20 bits per heavy atom. The lowest BCUT2D eigenvalue weighted by Gasteiger charge is -2.30. The van der Waals surface area contributed by atoms with Gasteiger partial charge in [0.05, 0.1) is 24.6 Å². The molecular formula is C19H27N5O. The van der Waals surface area contributed by atoms with E-state index in [1.807, 2.05) is 12.1 Å². The first-order valence-electron chi connectivity index (χ1n) is 9.00. The van der Waals surface area contributed by atoms with Crippen molar-refractivity contribution in [2.24, 2.45) is 0 Å². The van der Waals surface area contributed by atoms with Gasteiger partial charge in [-0.3, -0.25) is 0 Å². The summed E-state index contributed by atoms with van der Waals surface area (Å²) in [7, 11) is 2.07. The lowest BCUT2D eigenvalue weighted by atomic mass is 10.2. The van der Waals surface area contributed by atoms with Crippen molar-refractivity contribution < 1.29 is 4.74 Å². The molecule has 0 bridgehead atoms. The third-order valence-corrected chi connectivity index (χ3v) is 4.41. The van der Waals surface area contributed by atoms with Crippen LogP contribution in [0.15, 0.2) is 36.7 Å². The normalized spacial score (nSPS) is 14.4. The lowest BCUT2D eigenvalue weighted by molar-refractivity contribution is 0.123. The van der Waals surface area contributed by atoms with E-state index in [1.54, 1.807) is 6.33 Å². The van der Waals surface area contributed by atoms with Crippen molar-refractivity contribution in [1.29, 1.82) is 0 Å². The number of anilines is 4. The van der Waals surface area contributed by atoms with Crippen LogP contribution in [0.25, 0.3) is 0 Å². The Morgan fingerprint density at radius 3 is 2.80 bits per heavy atom. The molecule has 0 aliphatic carbocycles. The number of para-hydroxylation sites is 2. The van der Waals surface area contributed by atoms with E-state index < -0.39 is 0 Å². The van der Waals surface area contributed by atoms with Crippen LogP contribution in [0.4, 0.5) is 23.0 Å². The van der Waals surface area contributed by atoms with Crippen molar-refractivity contribution in [3.05, 3.63) is 36.7 Å². The molecule has 0 saturated carbocycles. The number of nitrogens with zero attached hydrogens (tertiary/aromatic N) is 4. The van der Waals surface area contributed by atoms with Gasteiger partial charge in [0.15, 0.2) is 0 Å². The zero-order valence-corrected chi connectivity index (χ0v) is 15.1. The average Bonchev–Trinajstić information content (AvgIpc) is 2.67. The van der Waals surface area contributed by atoms with E-state index in [-0.39, 0.29) is 0 Å². The highest BCUT2D eigenvalue weighted by Crippen LogP contribution is 2.29. The molecule has 0 radical (unpaired) electrons. The molecule has 25 heavy (non-hydrogen) atoms. The van der Waals surface area contributed by atoms with Crippen LogP contribution in [-0.4, -0.2) is 49.9 Å². The van der Waals surface area contributed by atoms with Gasteiger partial charge >= 0.3 is 0 Å². The molecule has 0 spiro atoms. The number of unbranched alkanes of at least 4 members (excludes halogenated alkanes) is 1. The van der Waals surface area contributed by atoms with Crippen LogP contribution in [0.3, 0.4) is 0 Å². The van der Waals surface area contributed by atoms with E-state index in [4.69, 9.17) is 4.74 Å². The first-order chi connectivity index (χ1) is 12.3. The molecular weight excluding hydrogens is 314 g/mol. The average molecular weight is 341 g/mol. The number of hydrogen-bond acceptors (Lipinski definition) is 6. The van der Waals surface area contributed by atoms with Crippen molar-refractivity contribution >= 4 is 23.0 Å². The van der Waals surface area contributed by atoms with Gasteiger partial charge in [-0.25, -0.2) is 9.97 Å². The van der Waals surface area contributed by atoms with E-state index in [0.717, 1.165) is 56.6 Å². The minimum atomic E-state index is 0.772. The molecule has 1 saturated heterocycles. The Kier molecular flexibility index (Phi) is 6.06. The van der Waals surface area contributed by atoms with Crippen molar-refractivity contribution in [3.8, 4) is 0 Å². The molecule has 0 atom stereocenters. The first kappa shape index (κ1) is 17.5. The molecule has 1 aliphatic rings. The third kappa shape index (κ3) is 4.60. The maximum absolute atomic E-state index is 5.47. The van der Waals surface area contributed by atoms with Gasteiger partial charge in [0.2, 0.25) is 0 Å². The van der Waals surface area contributed by atoms with Crippen LogP contribution in [-0.2, 0) is 4.74 Å². The number of ether oxygens (including phenoxy) is 1. The second-order valence-electron chi connectivity index (χ2n) is 6.28. The third-order valence-electron chi connectivity index (χ3n) is 4.41. The van der Waals surface area contributed by atoms with Crippen molar-refractivity contribution in [2.45, 2.75) is 19.8 Å². The second-order valence-corrected chi connectivity index (χ2v) is 6.28. The highest BCUT2D eigenvalue weighted by molar-refractivity contribution is 5.74. The minimum Gasteiger partial charge on any atom is -0.378 e. The molecule has 0 unspecified atom stereocenters. The van der Waals surface area contributed by atoms with Crippen molar-refractivity contribution in [2.75, 3.05) is 55.0 Å². The summed E-state index contributed by atoms with van der Waals surface area (Å²) in [5.74, 6) is 1.75. The molecule has 134 valence electrons. The van der Waals surface area contributed by atoms with Gasteiger partial charge in [0.1, 0.15) is 18.0 Å². The summed E-state index contributed by atoms with van der Waals surface area (Å²) in [5, 5.41) is 3.46. The first-order valence-corrected chi connectivity index (χ1v) is 9.00. The van der Waals surface area contributed by atoms with Crippen LogP contribution in [0.1, 0.15) is 19.8 Å². The maximum atomic E-state index is 5.47. The number of nitrogens with one attached hydrogen (secondary N) is 1. The largest absolute Gasteiger partial charge is 0.378 e. The van der Waals surface area contributed by atoms with Crippen LogP contribution in [0.2, 0.25) is 0 Å². The zero-order valence-electron chi connectivity index (χ0n) is 15.1. The van der Waals surface area contributed by atoms with Gasteiger partial charge in [-0.2, -0.15) is 0 Å². The van der Waals surface area contributed by atoms with Gasteiger partial charge in [0, 0.05) is 32.7 Å². The minimum absolute atomic E-state index is 0.772. The van der Waals surface area contributed by atoms with E-state index in [2.05, 4.69) is 57.3 Å². The van der Waals surface area contributed by atoms with Gasteiger partial charge in [-0.15, -0.1) is 0 Å². The van der Waals surface area contributed by atoms with Crippen LogP contribution < -0.4 is 15.1 Å². The molecule has 1 aromatic heterocycles. The number of morpholine rings is 1. The Balaban J connectivity index is 1.76. The summed E-state index contributed by atoms with van der Waals surface area (Å²) < 4.78 is 5.47. The predicted octanol–water partition coefficient (Wildman–Crippen LogP) is 3.29. The topological polar surface area (TPSA) is 53.5 Å². The Hall–Kier alpha value is -2.34. The van der Waals surface area contributed by atoms with Crippen LogP contribution >= 0.6 is 0 Å². The number of rotatable bonds is 7. The fourth-order valence-corrected chi connectivity index (χ4v) is 2.93. The number of aromatic nitrogens is 2. The molecule has 6 nitrogen and oxygen atoms in total. The number of hydrogen-bond donors (Lipinski definition) is 1. The molecule has 1 fully saturated rings. The predicted molar refractivity (Wildman–Crippen MR) is 103 cm³/mol. The summed E-state index contributed by atoms with van der Waals surface area (Å²) in [5.41, 5.74) is 2.25. The van der Waals surface area contributed by atoms with Crippen LogP contribution in [0.5, 0.6) is 0 Å². The molecule has 3 rings (SSSR count). The summed E-state index contributed by atoms with van der Waals surface area (Å²) >= 11 is 0. The standard InChI is InChI=1S/C19H27N5O/c1-3-4-9-23(2)19-14-18(20-15-21-19)22-16-7-5-6-8-17(16)24-10-12-25-13-11-24/h5-8,14-15H,3-4,9-13H2,1-2H3,(H,20,21,22). The molecule has 1 N–H and O–H groups in total. The maximum Gasteiger partial charge on any atom is 0.135 e. The summed E-state index contributed by atoms with van der Waals surface area (Å²) in [4.78, 5) is 13.3. The van der Waals surface area contributed by atoms with E-state index in [1.165, 1.54) is 12.1 Å². The fraction of sp³-hybridized carbons (Fsp3) is 0.474. The number of benzene rings is 1. The van der Waals surface area contributed by atoms with E-state index >= 15 is 0 Å². The SMILES string of the molecule is CCCCN(C)c1cc(Nc2ccccc2N2CCOCC2)ncn1. The van der Waals surface area contributed by atoms with Crippen molar-refractivity contribution in [3.63, 3.8) is 0 Å². The summed E-state index contributed by atoms with van der Waals surface area (Å²) in [6.45, 7) is 6.56. The molecule has 2 heterocycles. The molecule has 6 heteroatoms. The van der Waals surface area contributed by atoms with Crippen molar-refractivity contribution in [1.82, 2.24) is 9.97 Å². The van der Waals surface area contributed by atoms with E-state index in [9.17, 15) is 0 Å². The molecule has 1 aliphatic heterocycles. The summed E-state index contributed by atoms with van der Waals surface area (Å²) in [6, 6.07) is 10.4. The highest BCUT2D eigenvalue weighted by Gasteiger charge is 2.15.